The van der Waals surface area contributed by atoms with Gasteiger partial charge >= 0.3 is 0 Å². The Morgan fingerprint density at radius 3 is 2.75 bits per heavy atom. The van der Waals surface area contributed by atoms with Gasteiger partial charge in [-0.15, -0.1) is 0 Å². The van der Waals surface area contributed by atoms with Crippen molar-refractivity contribution in [3.8, 4) is 0 Å². The average molecular weight is 333 g/mol. The number of allylic oxidation sites excluding steroid dienone is 1. The first-order chi connectivity index (χ1) is 11.0. The van der Waals surface area contributed by atoms with E-state index in [2.05, 4.69) is 6.08 Å². The van der Waals surface area contributed by atoms with Crippen molar-refractivity contribution in [2.75, 3.05) is 13.7 Å². The molecular weight excluding hydrogens is 310 g/mol. The molecule has 1 amide bonds. The van der Waals surface area contributed by atoms with E-state index in [1.807, 2.05) is 6.92 Å². The quantitative estimate of drug-likeness (QED) is 0.671. The monoisotopic (exact) mass is 333 g/mol. The van der Waals surface area contributed by atoms with E-state index < -0.39 is 4.92 Å². The predicted molar refractivity (Wildman–Crippen MR) is 91.2 cm³/mol. The standard InChI is InChI=1S/C17H20N2O4.H3N/c1-3-23-12-6-4-11(5-7-12)13-8-9-15(19(21)22)16-14(13)10-18(2)17(16)20;/h4,8-9,12H,3,5-7,10H2,1-2H3;1H3. The molecule has 3 rings (SSSR count). The van der Waals surface area contributed by atoms with E-state index in [9.17, 15) is 14.9 Å². The molecule has 24 heavy (non-hydrogen) atoms. The number of ether oxygens (including phenoxy) is 1. The first-order valence-electron chi connectivity index (χ1n) is 7.89. The predicted octanol–water partition coefficient (Wildman–Crippen LogP) is 3.31. The zero-order chi connectivity index (χ0) is 16.6. The van der Waals surface area contributed by atoms with Crippen molar-refractivity contribution < 1.29 is 14.5 Å². The fourth-order valence-electron chi connectivity index (χ4n) is 3.43. The highest BCUT2D eigenvalue weighted by molar-refractivity contribution is 6.03. The minimum atomic E-state index is -0.472. The van der Waals surface area contributed by atoms with Gasteiger partial charge in [0.1, 0.15) is 5.56 Å². The molecule has 1 aliphatic heterocycles. The Bertz CT molecular complexity index is 699. The first kappa shape index (κ1) is 18.1. The zero-order valence-electron chi connectivity index (χ0n) is 14.1. The molecule has 1 aliphatic carbocycles. The summed E-state index contributed by atoms with van der Waals surface area (Å²) in [6.07, 6.45) is 5.05. The van der Waals surface area contributed by atoms with Crippen LogP contribution in [0.1, 0.15) is 47.7 Å². The number of nitro benzene ring substituents is 1. The number of carbonyl (C=O) groups excluding carboxylic acids is 1. The van der Waals surface area contributed by atoms with Crippen molar-refractivity contribution in [2.24, 2.45) is 0 Å². The lowest BCUT2D eigenvalue weighted by Gasteiger charge is -2.23. The normalized spacial score (nSPS) is 19.6. The molecule has 0 spiro atoms. The molecule has 0 radical (unpaired) electrons. The molecule has 7 nitrogen and oxygen atoms in total. The van der Waals surface area contributed by atoms with Crippen molar-refractivity contribution in [2.45, 2.75) is 38.8 Å². The van der Waals surface area contributed by atoms with Crippen LogP contribution in [0.15, 0.2) is 18.2 Å². The topological polar surface area (TPSA) is 108 Å². The van der Waals surface area contributed by atoms with Crippen molar-refractivity contribution >= 4 is 17.2 Å². The molecule has 1 heterocycles. The molecule has 1 aromatic carbocycles. The van der Waals surface area contributed by atoms with Gasteiger partial charge < -0.3 is 15.8 Å². The fourth-order valence-corrected chi connectivity index (χ4v) is 3.43. The Morgan fingerprint density at radius 2 is 2.17 bits per heavy atom. The molecule has 3 N–H and O–H groups in total. The third-order valence-electron chi connectivity index (χ3n) is 4.55. The second kappa shape index (κ2) is 7.11. The second-order valence-electron chi connectivity index (χ2n) is 5.99. The number of benzene rings is 1. The highest BCUT2D eigenvalue weighted by Crippen LogP contribution is 2.38. The summed E-state index contributed by atoms with van der Waals surface area (Å²) >= 11 is 0. The third-order valence-corrected chi connectivity index (χ3v) is 4.55. The summed E-state index contributed by atoms with van der Waals surface area (Å²) in [4.78, 5) is 24.6. The number of hydrogen-bond acceptors (Lipinski definition) is 5. The van der Waals surface area contributed by atoms with Crippen LogP contribution in [0, 0.1) is 10.1 Å². The van der Waals surface area contributed by atoms with Gasteiger partial charge in [-0.25, -0.2) is 0 Å². The van der Waals surface area contributed by atoms with Crippen LogP contribution in [0.4, 0.5) is 5.69 Å². The number of fused-ring (bicyclic) bond motifs is 1. The summed E-state index contributed by atoms with van der Waals surface area (Å²) in [7, 11) is 1.68. The number of carbonyl (C=O) groups is 1. The van der Waals surface area contributed by atoms with E-state index in [1.165, 1.54) is 11.0 Å². The van der Waals surface area contributed by atoms with Crippen LogP contribution in [0.25, 0.3) is 5.57 Å². The van der Waals surface area contributed by atoms with Gasteiger partial charge in [0.2, 0.25) is 0 Å². The lowest BCUT2D eigenvalue weighted by Crippen LogP contribution is -2.18. The number of nitro groups is 1. The van der Waals surface area contributed by atoms with E-state index in [0.29, 0.717) is 13.2 Å². The molecule has 0 saturated heterocycles. The summed E-state index contributed by atoms with van der Waals surface area (Å²) in [5.41, 5.74) is 3.07. The average Bonchev–Trinajstić information content (AvgIpc) is 2.83. The van der Waals surface area contributed by atoms with Crippen LogP contribution >= 0.6 is 0 Å². The van der Waals surface area contributed by atoms with Gasteiger partial charge in [0.05, 0.1) is 11.0 Å². The minimum absolute atomic E-state index is 0. The van der Waals surface area contributed by atoms with Crippen LogP contribution < -0.4 is 6.15 Å². The summed E-state index contributed by atoms with van der Waals surface area (Å²) < 4.78 is 5.65. The second-order valence-corrected chi connectivity index (χ2v) is 5.99. The Balaban J connectivity index is 0.00000208. The Morgan fingerprint density at radius 1 is 1.42 bits per heavy atom. The Kier molecular flexibility index (Phi) is 5.36. The summed E-state index contributed by atoms with van der Waals surface area (Å²) in [5.74, 6) is -0.267. The van der Waals surface area contributed by atoms with Crippen LogP contribution in [0.3, 0.4) is 0 Å². The maximum absolute atomic E-state index is 12.3. The van der Waals surface area contributed by atoms with Crippen molar-refractivity contribution in [3.05, 3.63) is 45.0 Å². The van der Waals surface area contributed by atoms with Gasteiger partial charge in [-0.05, 0) is 49.0 Å². The zero-order valence-corrected chi connectivity index (χ0v) is 14.1. The van der Waals surface area contributed by atoms with Gasteiger partial charge in [0.25, 0.3) is 11.6 Å². The SMILES string of the molecule is CCOC1CC=C(c2ccc([N+](=O)[O-])c3c2CN(C)C3=O)CC1.N. The molecule has 1 aromatic rings. The maximum atomic E-state index is 12.3. The lowest BCUT2D eigenvalue weighted by atomic mass is 9.88. The van der Waals surface area contributed by atoms with E-state index in [0.717, 1.165) is 36.0 Å². The van der Waals surface area contributed by atoms with Crippen LogP contribution in [-0.4, -0.2) is 35.5 Å². The number of amides is 1. The molecular formula is C17H23N3O4. The maximum Gasteiger partial charge on any atom is 0.282 e. The van der Waals surface area contributed by atoms with E-state index >= 15 is 0 Å². The highest BCUT2D eigenvalue weighted by atomic mass is 16.6. The van der Waals surface area contributed by atoms with Gasteiger partial charge in [-0.3, -0.25) is 14.9 Å². The van der Waals surface area contributed by atoms with Crippen molar-refractivity contribution in [1.82, 2.24) is 11.1 Å². The summed E-state index contributed by atoms with van der Waals surface area (Å²) in [6, 6.07) is 3.25. The summed E-state index contributed by atoms with van der Waals surface area (Å²) in [5, 5.41) is 11.2. The van der Waals surface area contributed by atoms with Crippen molar-refractivity contribution in [1.29, 1.82) is 0 Å². The summed E-state index contributed by atoms with van der Waals surface area (Å²) in [6.45, 7) is 3.13. The molecule has 7 heteroatoms. The smallest absolute Gasteiger partial charge is 0.282 e. The molecule has 1 unspecified atom stereocenters. The Labute approximate surface area is 141 Å². The molecule has 0 saturated carbocycles. The van der Waals surface area contributed by atoms with Gasteiger partial charge in [-0.2, -0.15) is 0 Å². The van der Waals surface area contributed by atoms with Crippen LogP contribution in [0.2, 0.25) is 0 Å². The first-order valence-corrected chi connectivity index (χ1v) is 7.89. The molecule has 130 valence electrons. The Hall–Kier alpha value is -2.25. The van der Waals surface area contributed by atoms with Crippen LogP contribution in [0.5, 0.6) is 0 Å². The molecule has 0 aromatic heterocycles. The van der Waals surface area contributed by atoms with Gasteiger partial charge in [-0.1, -0.05) is 6.08 Å². The largest absolute Gasteiger partial charge is 0.378 e. The van der Waals surface area contributed by atoms with Gasteiger partial charge in [0.15, 0.2) is 0 Å². The van der Waals surface area contributed by atoms with Gasteiger partial charge in [0, 0.05) is 26.3 Å². The lowest BCUT2D eigenvalue weighted by molar-refractivity contribution is -0.385. The molecule has 1 atom stereocenters. The van der Waals surface area contributed by atoms with E-state index in [-0.39, 0.29) is 29.4 Å². The molecule has 0 fully saturated rings. The number of hydrogen-bond donors (Lipinski definition) is 1. The van der Waals surface area contributed by atoms with E-state index in [1.54, 1.807) is 13.1 Å². The fraction of sp³-hybridized carbons (Fsp3) is 0.471. The van der Waals surface area contributed by atoms with E-state index in [4.69, 9.17) is 4.74 Å². The molecule has 2 aliphatic rings. The third kappa shape index (κ3) is 3.05. The molecule has 0 bridgehead atoms. The minimum Gasteiger partial charge on any atom is -0.378 e. The highest BCUT2D eigenvalue weighted by Gasteiger charge is 2.35. The van der Waals surface area contributed by atoms with Crippen molar-refractivity contribution in [3.63, 3.8) is 0 Å². The number of nitrogens with zero attached hydrogens (tertiary/aromatic N) is 2. The number of rotatable bonds is 4. The van der Waals surface area contributed by atoms with Crippen LogP contribution in [-0.2, 0) is 11.3 Å².